The fraction of sp³-hybridized carbons (Fsp3) is 0.889. The number of rotatable bonds is 40. The van der Waals surface area contributed by atoms with Gasteiger partial charge < -0.3 is 198 Å². The Morgan fingerprint density at radius 2 is 0.243 bits per heavy atom. The number of carboxylic acid groups (broad SMARTS) is 8. The molecule has 30 aliphatic rings. The van der Waals surface area contributed by atoms with Gasteiger partial charge in [0.25, 0.3) is 0 Å². The first-order chi connectivity index (χ1) is 60.7. The van der Waals surface area contributed by atoms with Crippen molar-refractivity contribution < 1.29 is 473 Å². The monoisotopic (exact) mass is 2180 g/mol. The fourth-order valence-corrected chi connectivity index (χ4v) is 22.6. The van der Waals surface area contributed by atoms with Gasteiger partial charge in [0, 0.05) is 92.0 Å². The molecule has 40 atom stereocenters. The summed E-state index contributed by atoms with van der Waals surface area (Å²) < 4.78 is 100. The Balaban J connectivity index is 0.0000116. The van der Waals surface area contributed by atoms with Gasteiger partial charge in [0.05, 0.1) is 100 Å². The second-order valence-corrected chi connectivity index (χ2v) is 39.9. The molecule has 30 aliphatic heterocycles. The quantitative estimate of drug-likeness (QED) is 0.0200. The SMILES string of the molecule is O=C(O)CCSC[C@H]1O[C@@H]2O[C@H]3[C@H](O)[C@@H](O)[C@@H](O[C@H]4[C@H](O)[C@@H](O)[C@@H](O[C@H]5[C@H](O)[C@@H](O)[C@@H](O[C@H]6[C@H](O)[C@@H](O)[C@@H](O[C@H]7[C@H](O)[C@@H](O)[C@@H](O[C@H]8[C@H](O)[C@@H](O)[C@@H](O[C@H]9[C@H](O)[C@@H](O)[C@@H](O[C@H]1[C@H](O)[C@H]2O)O[C@@H]9CSCCC(=O)O)O[C@@H]8CSCCC(=O)O)O[C@@H]7CSCCC(=O)O)O[C@@H]6CSCCC(=O)O)O[C@@H]5CSCCC(=O)O)O[C@@H]4CSCCC(=O)O)O[C@@H]3CSCCC(=O)O.[Na+].[Na+].[Na+].[Na+].[Na+].[Na+].[Na+].[Na+]. The molecule has 30 heterocycles. The molecule has 30 saturated heterocycles. The Morgan fingerprint density at radius 3 is 0.324 bits per heavy atom. The minimum Gasteiger partial charge on any atom is -0.481 e. The number of hydrogen-bond acceptors (Lipinski definition) is 48. The van der Waals surface area contributed by atoms with Crippen LogP contribution < -0.4 is 236 Å². The summed E-state index contributed by atoms with van der Waals surface area (Å²) in [7, 11) is 0. The van der Waals surface area contributed by atoms with Crippen molar-refractivity contribution in [2.24, 2.45) is 0 Å². The van der Waals surface area contributed by atoms with Crippen molar-refractivity contribution in [2.45, 2.75) is 297 Å². The normalized spacial score (nSPS) is 39.1. The maximum Gasteiger partial charge on any atom is 1.00 e. The average Bonchev–Trinajstić information content (AvgIpc) is 0.802. The van der Waals surface area contributed by atoms with Crippen molar-refractivity contribution in [2.75, 3.05) is 92.0 Å². The third-order valence-corrected chi connectivity index (χ3v) is 29.9. The minimum absolute atomic E-state index is 0. The van der Waals surface area contributed by atoms with Crippen molar-refractivity contribution >= 4 is 142 Å². The summed E-state index contributed by atoms with van der Waals surface area (Å²) in [6.45, 7) is 0. The van der Waals surface area contributed by atoms with Gasteiger partial charge in [-0.2, -0.15) is 94.1 Å². The van der Waals surface area contributed by atoms with E-state index in [1.807, 2.05) is 0 Å². The van der Waals surface area contributed by atoms with E-state index >= 15 is 0 Å². The van der Waals surface area contributed by atoms with Crippen molar-refractivity contribution in [1.82, 2.24) is 0 Å². The fourth-order valence-electron chi connectivity index (χ4n) is 14.7. The van der Waals surface area contributed by atoms with Crippen molar-refractivity contribution in [3.8, 4) is 0 Å². The molecule has 0 aliphatic carbocycles. The van der Waals surface area contributed by atoms with E-state index in [0.29, 0.717) is 0 Å². The molecule has 0 unspecified atom stereocenters. The van der Waals surface area contributed by atoms with E-state index in [1.54, 1.807) is 0 Å². The van der Waals surface area contributed by atoms with Gasteiger partial charge >= 0.3 is 284 Å². The van der Waals surface area contributed by atoms with E-state index in [2.05, 4.69) is 0 Å². The number of ether oxygens (including phenoxy) is 16. The molecule has 30 rings (SSSR count). The summed E-state index contributed by atoms with van der Waals surface area (Å²) >= 11 is 7.04. The van der Waals surface area contributed by atoms with Crippen LogP contribution in [0, 0.1) is 0 Å². The summed E-state index contributed by atoms with van der Waals surface area (Å²) in [4.78, 5) is 94.3. The molecule has 0 aromatic rings. The van der Waals surface area contributed by atoms with Crippen molar-refractivity contribution in [1.29, 1.82) is 0 Å². The molecule has 0 saturated carbocycles. The van der Waals surface area contributed by atoms with Crippen molar-refractivity contribution in [3.05, 3.63) is 0 Å². The molecule has 0 aromatic heterocycles. The van der Waals surface area contributed by atoms with E-state index in [0.717, 1.165) is 94.1 Å². The van der Waals surface area contributed by atoms with Crippen LogP contribution in [0.25, 0.3) is 0 Å². The number of carbonyl (C=O) groups is 8. The smallest absolute Gasteiger partial charge is 0.481 e. The van der Waals surface area contributed by atoms with E-state index in [9.17, 15) is 161 Å². The minimum atomic E-state index is -2.33. The zero-order valence-electron chi connectivity index (χ0n) is 75.9. The number of carboxylic acids is 8. The molecule has 0 spiro atoms. The van der Waals surface area contributed by atoms with Gasteiger partial charge in [0.2, 0.25) is 0 Å². The Labute approximate surface area is 990 Å². The van der Waals surface area contributed by atoms with Gasteiger partial charge in [-0.05, 0) is 0 Å². The Bertz CT molecular complexity index is 2870. The van der Waals surface area contributed by atoms with E-state index in [-0.39, 0.29) is 329 Å². The standard InChI is InChI=1S/C72H112O48S8.8Na/c73-33(74)1-9-121-17-25-57-41(89)49(97)65(105-25)114-58-26(18-122-10-2-34(75)76)107-67(51(99)43(58)91)116-60-28(20-124-12-4-36(79)80)109-69(53(101)45(60)93)118-62-30(22-126-14-6-38(83)84)111-71(55(103)47(62)95)120-64-32(24-128-16-8-40(87)88)112-72(56(104)48(64)96)119-63-31(23-127-15-7-39(85)86)110-70(54(102)46(63)94)117-61-29(21-125-13-5-37(81)82)108-68(52(100)44(61)92)115-59-27(19-123-11-3-35(77)78)106-66(113-57)50(98)42(59)90;;;;;;;;/h25-32,41-72,89-104H,1-24H2,(H,73,74)(H,75,76)(H,77,78)(H,79,80)(H,81,82)(H,83,84)(H,85,86)(H,87,88);;;;;;;;/q;8*+1/t25-,26-,27-,28-,29-,30-,31-,32-,41-,42-,43-,44-,45-,46-,47-,48-,49-,50-,51-,52-,53-,54-,55-,56-,57-,58-,59-,60-,61-,62-,63-,64-,65-,66-,67-,68-,69-,70-,71-,72-;;;;;;;;/m1......../s1. The van der Waals surface area contributed by atoms with Crippen LogP contribution >= 0.6 is 94.1 Å². The van der Waals surface area contributed by atoms with Crippen molar-refractivity contribution in [3.63, 3.8) is 0 Å². The summed E-state index contributed by atoms with van der Waals surface area (Å²) in [6, 6.07) is 0. The average molecular weight is 2190 g/mol. The predicted octanol–water partition coefficient (Wildman–Crippen LogP) is -31.6. The number of aliphatic carboxylic acids is 8. The van der Waals surface area contributed by atoms with Crippen LogP contribution in [0.3, 0.4) is 0 Å². The Kier molecular flexibility index (Phi) is 71.6. The van der Waals surface area contributed by atoms with Gasteiger partial charge in [-0.15, -0.1) is 0 Å². The number of aliphatic hydroxyl groups is 16. The third-order valence-electron chi connectivity index (χ3n) is 21.4. The van der Waals surface area contributed by atoms with Gasteiger partial charge in [0.15, 0.2) is 50.3 Å². The van der Waals surface area contributed by atoms with Gasteiger partial charge in [0.1, 0.15) is 146 Å². The van der Waals surface area contributed by atoms with E-state index in [1.165, 1.54) is 0 Å². The molecule has 0 amide bonds. The van der Waals surface area contributed by atoms with Crippen LogP contribution in [0.4, 0.5) is 0 Å². The second kappa shape index (κ2) is 69.9. The van der Waals surface area contributed by atoms with E-state index in [4.69, 9.17) is 75.8 Å². The van der Waals surface area contributed by atoms with Crippen LogP contribution in [0.2, 0.25) is 0 Å². The summed E-state index contributed by atoms with van der Waals surface area (Å²) in [5.41, 5.74) is 0. The molecular formula is C72H112Na8O48S8+8. The Morgan fingerprint density at radius 1 is 0.154 bits per heavy atom. The zero-order valence-corrected chi connectivity index (χ0v) is 98.4. The summed E-state index contributed by atoms with van der Waals surface area (Å²) in [5.74, 6) is -14.4. The van der Waals surface area contributed by atoms with Crippen LogP contribution in [-0.4, -0.2) is 508 Å². The van der Waals surface area contributed by atoms with Crippen LogP contribution in [-0.2, 0) is 114 Å². The zero-order chi connectivity index (χ0) is 93.7. The van der Waals surface area contributed by atoms with Gasteiger partial charge in [-0.3, -0.25) is 38.4 Å². The second-order valence-electron chi connectivity index (χ2n) is 30.7. The number of hydrogen-bond donors (Lipinski definition) is 24. The maximum atomic E-state index is 12.3. The largest absolute Gasteiger partial charge is 1.00 e. The molecule has 64 heteroatoms. The topological polar surface area (TPSA) is 770 Å². The van der Waals surface area contributed by atoms with Gasteiger partial charge in [-0.1, -0.05) is 0 Å². The molecule has 24 N–H and O–H groups in total. The number of aliphatic hydroxyl groups excluding tert-OH is 16. The van der Waals surface area contributed by atoms with Crippen LogP contribution in [0.1, 0.15) is 51.4 Å². The summed E-state index contributed by atoms with van der Waals surface area (Å²) in [5, 5.41) is 272. The molecule has 0 radical (unpaired) electrons. The van der Waals surface area contributed by atoms with Gasteiger partial charge in [-0.25, -0.2) is 0 Å². The molecule has 30 fully saturated rings. The van der Waals surface area contributed by atoms with Crippen LogP contribution in [0.5, 0.6) is 0 Å². The molecule has 136 heavy (non-hydrogen) atoms. The first-order valence-electron chi connectivity index (χ1n) is 40.5. The predicted molar refractivity (Wildman–Crippen MR) is 441 cm³/mol. The molecular weight excluding hydrogens is 2070 g/mol. The third kappa shape index (κ3) is 41.5. The summed E-state index contributed by atoms with van der Waals surface area (Å²) in [6.07, 6.45) is -85.9. The van der Waals surface area contributed by atoms with E-state index < -0.39 is 345 Å². The molecule has 0 aromatic carbocycles. The molecule has 16 bridgehead atoms. The molecule has 736 valence electrons. The maximum absolute atomic E-state index is 12.3. The first kappa shape index (κ1) is 139. The van der Waals surface area contributed by atoms with Crippen LogP contribution in [0.15, 0.2) is 0 Å². The molecule has 48 nitrogen and oxygen atoms in total. The number of thioether (sulfide) groups is 8. The first-order valence-corrected chi connectivity index (χ1v) is 49.7. The Hall–Kier alpha value is 5.28.